The minimum Gasteiger partial charge on any atom is -0.374 e. The van der Waals surface area contributed by atoms with Crippen LogP contribution < -0.4 is 4.18 Å². The van der Waals surface area contributed by atoms with Crippen molar-refractivity contribution in [3.05, 3.63) is 39.9 Å². The number of fused-ring (bicyclic) bond motifs is 1. The van der Waals surface area contributed by atoms with E-state index in [1.807, 2.05) is 0 Å². The summed E-state index contributed by atoms with van der Waals surface area (Å²) in [4.78, 5) is 0. The van der Waals surface area contributed by atoms with Gasteiger partial charge in [0.1, 0.15) is 0 Å². The Morgan fingerprint density at radius 3 is 2.10 bits per heavy atom. The zero-order valence-electron chi connectivity index (χ0n) is 10.3. The first kappa shape index (κ1) is 16.2. The number of alkyl halides is 3. The van der Waals surface area contributed by atoms with Crippen LogP contribution in [0.1, 0.15) is 5.56 Å². The van der Waals surface area contributed by atoms with Crippen LogP contribution in [0.2, 0.25) is 10.0 Å². The second kappa shape index (κ2) is 5.23. The molecular weight excluding hydrogens is 352 g/mol. The summed E-state index contributed by atoms with van der Waals surface area (Å²) in [6.07, 6.45) is 0. The van der Waals surface area contributed by atoms with Gasteiger partial charge in [-0.3, -0.25) is 0 Å². The number of rotatable bonds is 2. The van der Waals surface area contributed by atoms with E-state index in [9.17, 15) is 21.6 Å². The molecule has 0 saturated heterocycles. The van der Waals surface area contributed by atoms with Crippen LogP contribution in [0.3, 0.4) is 0 Å². The molecule has 2 aromatic carbocycles. The van der Waals surface area contributed by atoms with E-state index in [2.05, 4.69) is 4.18 Å². The third kappa shape index (κ3) is 2.90. The highest BCUT2D eigenvalue weighted by molar-refractivity contribution is 7.88. The lowest BCUT2D eigenvalue weighted by Crippen LogP contribution is -2.28. The maximum Gasteiger partial charge on any atom is 0.534 e. The van der Waals surface area contributed by atoms with Gasteiger partial charge in [-0.05, 0) is 24.6 Å². The molecule has 0 unspecified atom stereocenters. The lowest BCUT2D eigenvalue weighted by molar-refractivity contribution is -0.0499. The third-order valence-corrected chi connectivity index (χ3v) is 4.57. The van der Waals surface area contributed by atoms with Crippen LogP contribution in [-0.2, 0) is 10.1 Å². The summed E-state index contributed by atoms with van der Waals surface area (Å²) in [5, 5.41) is 0.891. The van der Waals surface area contributed by atoms with Crippen molar-refractivity contribution in [3.8, 4) is 5.75 Å². The van der Waals surface area contributed by atoms with E-state index < -0.39 is 21.4 Å². The van der Waals surface area contributed by atoms with E-state index in [0.717, 1.165) is 11.6 Å². The number of halogens is 5. The number of hydrogen-bond acceptors (Lipinski definition) is 3. The van der Waals surface area contributed by atoms with Crippen molar-refractivity contribution >= 4 is 44.1 Å². The zero-order chi connectivity index (χ0) is 16.0. The van der Waals surface area contributed by atoms with Crippen molar-refractivity contribution in [1.29, 1.82) is 0 Å². The maximum atomic E-state index is 12.3. The van der Waals surface area contributed by atoms with Crippen LogP contribution in [0, 0.1) is 6.92 Å². The molecule has 0 amide bonds. The first-order valence-electron chi connectivity index (χ1n) is 5.42. The highest BCUT2D eigenvalue weighted by atomic mass is 35.5. The molecule has 0 saturated carbocycles. The molecule has 114 valence electrons. The summed E-state index contributed by atoms with van der Waals surface area (Å²) in [7, 11) is -5.78. The third-order valence-electron chi connectivity index (χ3n) is 2.71. The molecule has 0 aliphatic rings. The molecule has 0 aromatic heterocycles. The van der Waals surface area contributed by atoms with Crippen molar-refractivity contribution in [2.45, 2.75) is 12.4 Å². The van der Waals surface area contributed by atoms with Gasteiger partial charge in [-0.15, -0.1) is 0 Å². The van der Waals surface area contributed by atoms with E-state index in [1.165, 1.54) is 12.1 Å². The Labute approximate surface area is 128 Å². The monoisotopic (exact) mass is 358 g/mol. The standard InChI is InChI=1S/C12H7Cl2F3O3S/c1-6-2-3-8-7(10(6)13)4-5-9(11(8)14)20-21(18,19)12(15,16)17/h2-5H,1H3. The fourth-order valence-electron chi connectivity index (χ4n) is 1.65. The summed E-state index contributed by atoms with van der Waals surface area (Å²) in [5.74, 6) is -0.610. The van der Waals surface area contributed by atoms with Crippen molar-refractivity contribution in [2.75, 3.05) is 0 Å². The molecule has 2 aromatic rings. The highest BCUT2D eigenvalue weighted by Gasteiger charge is 2.48. The van der Waals surface area contributed by atoms with Gasteiger partial charge in [-0.2, -0.15) is 21.6 Å². The average molecular weight is 359 g/mol. The molecule has 0 atom stereocenters. The summed E-state index contributed by atoms with van der Waals surface area (Å²) in [5.41, 5.74) is -4.78. The van der Waals surface area contributed by atoms with Gasteiger partial charge < -0.3 is 4.18 Å². The minimum absolute atomic E-state index is 0.262. The molecule has 0 heterocycles. The smallest absolute Gasteiger partial charge is 0.374 e. The van der Waals surface area contributed by atoms with Gasteiger partial charge in [-0.25, -0.2) is 0 Å². The van der Waals surface area contributed by atoms with Gasteiger partial charge in [0.15, 0.2) is 5.75 Å². The van der Waals surface area contributed by atoms with Crippen LogP contribution >= 0.6 is 23.2 Å². The van der Waals surface area contributed by atoms with Gasteiger partial charge in [-0.1, -0.05) is 35.3 Å². The second-order valence-electron chi connectivity index (χ2n) is 4.15. The molecule has 0 spiro atoms. The molecule has 0 aliphatic heterocycles. The predicted octanol–water partition coefficient (Wildman–Crippen LogP) is 4.68. The van der Waals surface area contributed by atoms with E-state index in [-0.39, 0.29) is 5.02 Å². The van der Waals surface area contributed by atoms with Crippen LogP contribution in [0.25, 0.3) is 10.8 Å². The molecule has 0 fully saturated rings. The van der Waals surface area contributed by atoms with Gasteiger partial charge in [0.25, 0.3) is 0 Å². The van der Waals surface area contributed by atoms with E-state index in [4.69, 9.17) is 23.2 Å². The Morgan fingerprint density at radius 1 is 1.00 bits per heavy atom. The molecular formula is C12H7Cl2F3O3S. The molecule has 2 rings (SSSR count). The van der Waals surface area contributed by atoms with E-state index in [1.54, 1.807) is 13.0 Å². The number of aryl methyl sites for hydroxylation is 1. The first-order valence-corrected chi connectivity index (χ1v) is 7.59. The maximum absolute atomic E-state index is 12.3. The Hall–Kier alpha value is -1.18. The summed E-state index contributed by atoms with van der Waals surface area (Å²) in [6.45, 7) is 1.74. The van der Waals surface area contributed by atoms with Crippen molar-refractivity contribution in [2.24, 2.45) is 0 Å². The molecule has 3 nitrogen and oxygen atoms in total. The summed E-state index contributed by atoms with van der Waals surface area (Å²) >= 11 is 12.0. The zero-order valence-corrected chi connectivity index (χ0v) is 12.7. The van der Waals surface area contributed by atoms with E-state index >= 15 is 0 Å². The summed E-state index contributed by atoms with van der Waals surface area (Å²) in [6, 6.07) is 5.50. The van der Waals surface area contributed by atoms with Crippen molar-refractivity contribution in [3.63, 3.8) is 0 Å². The lowest BCUT2D eigenvalue weighted by atomic mass is 10.1. The summed E-state index contributed by atoms with van der Waals surface area (Å²) < 4.78 is 63.0. The van der Waals surface area contributed by atoms with Crippen LogP contribution in [0.15, 0.2) is 24.3 Å². The topological polar surface area (TPSA) is 43.4 Å². The number of benzene rings is 2. The molecule has 9 heteroatoms. The van der Waals surface area contributed by atoms with Crippen molar-refractivity contribution < 1.29 is 25.8 Å². The largest absolute Gasteiger partial charge is 0.534 e. The molecule has 0 aliphatic carbocycles. The highest BCUT2D eigenvalue weighted by Crippen LogP contribution is 2.39. The Bertz CT molecular complexity index is 817. The van der Waals surface area contributed by atoms with Crippen LogP contribution in [0.4, 0.5) is 13.2 Å². The van der Waals surface area contributed by atoms with Crippen LogP contribution in [0.5, 0.6) is 5.75 Å². The van der Waals surface area contributed by atoms with Crippen LogP contribution in [-0.4, -0.2) is 13.9 Å². The van der Waals surface area contributed by atoms with Gasteiger partial charge in [0.05, 0.1) is 10.0 Å². The molecule has 0 radical (unpaired) electrons. The second-order valence-corrected chi connectivity index (χ2v) is 6.45. The van der Waals surface area contributed by atoms with Gasteiger partial charge in [0.2, 0.25) is 0 Å². The van der Waals surface area contributed by atoms with Crippen molar-refractivity contribution in [1.82, 2.24) is 0 Å². The van der Waals surface area contributed by atoms with E-state index in [0.29, 0.717) is 15.8 Å². The predicted molar refractivity (Wildman–Crippen MR) is 74.3 cm³/mol. The Kier molecular flexibility index (Phi) is 4.03. The SMILES string of the molecule is Cc1ccc2c(Cl)c(OS(=O)(=O)C(F)(F)F)ccc2c1Cl. The van der Waals surface area contributed by atoms with Gasteiger partial charge in [0, 0.05) is 10.8 Å². The molecule has 0 N–H and O–H groups in total. The molecule has 0 bridgehead atoms. The fourth-order valence-corrected chi connectivity index (χ4v) is 2.66. The fraction of sp³-hybridized carbons (Fsp3) is 0.167. The quantitative estimate of drug-likeness (QED) is 0.578. The first-order chi connectivity index (χ1) is 9.54. The minimum atomic E-state index is -5.78. The van der Waals surface area contributed by atoms with Gasteiger partial charge >= 0.3 is 15.6 Å². The lowest BCUT2D eigenvalue weighted by Gasteiger charge is -2.12. The average Bonchev–Trinajstić information content (AvgIpc) is 2.35. The normalized spacial score (nSPS) is 12.7. The number of hydrogen-bond donors (Lipinski definition) is 0. The Morgan fingerprint density at radius 2 is 1.52 bits per heavy atom. The molecule has 21 heavy (non-hydrogen) atoms. The Balaban J connectivity index is 2.59.